The van der Waals surface area contributed by atoms with Crippen molar-refractivity contribution >= 4 is 5.97 Å². The molecule has 3 rings (SSSR count). The highest BCUT2D eigenvalue weighted by Crippen LogP contribution is 2.34. The predicted molar refractivity (Wildman–Crippen MR) is 86.9 cm³/mol. The summed E-state index contributed by atoms with van der Waals surface area (Å²) in [5.41, 5.74) is 2.84. The molecule has 2 aromatic rings. The van der Waals surface area contributed by atoms with Crippen LogP contribution >= 0.6 is 0 Å². The summed E-state index contributed by atoms with van der Waals surface area (Å²) in [5.74, 6) is -0.0991. The Kier molecular flexibility index (Phi) is 4.54. The Balaban J connectivity index is 1.58. The van der Waals surface area contributed by atoms with Crippen LogP contribution in [-0.4, -0.2) is 17.1 Å². The lowest BCUT2D eigenvalue weighted by molar-refractivity contribution is 0.0697. The van der Waals surface area contributed by atoms with Crippen molar-refractivity contribution in [2.75, 3.05) is 0 Å². The molecule has 0 bridgehead atoms. The molecule has 0 saturated heterocycles. The van der Waals surface area contributed by atoms with Crippen LogP contribution in [-0.2, 0) is 13.0 Å². The second-order valence-electron chi connectivity index (χ2n) is 6.02. The molecule has 1 saturated carbocycles. The van der Waals surface area contributed by atoms with E-state index >= 15 is 0 Å². The highest BCUT2D eigenvalue weighted by Gasteiger charge is 2.30. The van der Waals surface area contributed by atoms with Gasteiger partial charge in [0.15, 0.2) is 0 Å². The average molecular weight is 295 g/mol. The first-order chi connectivity index (χ1) is 10.7. The maximum Gasteiger partial charge on any atom is 0.335 e. The fourth-order valence-electron chi connectivity index (χ4n) is 2.79. The van der Waals surface area contributed by atoms with Crippen LogP contribution in [0.15, 0.2) is 54.6 Å². The number of carbonyl (C=O) groups is 1. The normalized spacial score (nSPS) is 15.5. The Bertz CT molecular complexity index is 618. The topological polar surface area (TPSA) is 49.3 Å². The van der Waals surface area contributed by atoms with Gasteiger partial charge in [-0.1, -0.05) is 42.5 Å². The summed E-state index contributed by atoms with van der Waals surface area (Å²) in [4.78, 5) is 10.9. The first-order valence-corrected chi connectivity index (χ1v) is 7.82. The van der Waals surface area contributed by atoms with E-state index < -0.39 is 5.97 Å². The third kappa shape index (κ3) is 3.95. The molecular weight excluding hydrogens is 274 g/mol. The van der Waals surface area contributed by atoms with E-state index in [0.717, 1.165) is 24.4 Å². The summed E-state index contributed by atoms with van der Waals surface area (Å²) in [5, 5.41) is 12.6. The SMILES string of the molecule is O=C(O)c1ccc(CNC(Cc2ccccc2)C2CC2)cc1. The number of rotatable bonds is 7. The van der Waals surface area contributed by atoms with Crippen molar-refractivity contribution in [2.24, 2.45) is 5.92 Å². The van der Waals surface area contributed by atoms with Crippen LogP contribution in [0.2, 0.25) is 0 Å². The van der Waals surface area contributed by atoms with Crippen molar-refractivity contribution in [1.29, 1.82) is 0 Å². The summed E-state index contributed by atoms with van der Waals surface area (Å²) in [7, 11) is 0. The monoisotopic (exact) mass is 295 g/mol. The van der Waals surface area contributed by atoms with E-state index in [1.54, 1.807) is 12.1 Å². The molecule has 2 aromatic carbocycles. The zero-order chi connectivity index (χ0) is 15.4. The van der Waals surface area contributed by atoms with Crippen molar-refractivity contribution in [2.45, 2.75) is 31.8 Å². The summed E-state index contributed by atoms with van der Waals surface area (Å²) in [6, 6.07) is 18.2. The minimum Gasteiger partial charge on any atom is -0.478 e. The van der Waals surface area contributed by atoms with Gasteiger partial charge in [-0.25, -0.2) is 4.79 Å². The van der Waals surface area contributed by atoms with Crippen molar-refractivity contribution in [3.8, 4) is 0 Å². The lowest BCUT2D eigenvalue weighted by Crippen LogP contribution is -2.32. The van der Waals surface area contributed by atoms with Gasteiger partial charge in [0, 0.05) is 12.6 Å². The van der Waals surface area contributed by atoms with E-state index in [2.05, 4.69) is 29.6 Å². The Labute approximate surface area is 131 Å². The molecular formula is C19H21NO2. The molecule has 2 N–H and O–H groups in total. The summed E-state index contributed by atoms with van der Waals surface area (Å²) in [6.45, 7) is 0.786. The lowest BCUT2D eigenvalue weighted by Gasteiger charge is -2.18. The molecule has 1 unspecified atom stereocenters. The number of hydrogen-bond acceptors (Lipinski definition) is 2. The van der Waals surface area contributed by atoms with Gasteiger partial charge in [-0.15, -0.1) is 0 Å². The Morgan fingerprint density at radius 1 is 1.05 bits per heavy atom. The van der Waals surface area contributed by atoms with E-state index in [1.165, 1.54) is 18.4 Å². The van der Waals surface area contributed by atoms with E-state index in [1.807, 2.05) is 18.2 Å². The van der Waals surface area contributed by atoms with Crippen molar-refractivity contribution < 1.29 is 9.90 Å². The van der Waals surface area contributed by atoms with Gasteiger partial charge in [-0.3, -0.25) is 0 Å². The maximum atomic E-state index is 10.9. The molecule has 1 aliphatic carbocycles. The number of nitrogens with one attached hydrogen (secondary N) is 1. The molecule has 0 heterocycles. The maximum absolute atomic E-state index is 10.9. The Morgan fingerprint density at radius 3 is 2.32 bits per heavy atom. The number of carboxylic acids is 1. The van der Waals surface area contributed by atoms with Gasteiger partial charge in [0.1, 0.15) is 0 Å². The number of benzene rings is 2. The van der Waals surface area contributed by atoms with E-state index in [0.29, 0.717) is 11.6 Å². The average Bonchev–Trinajstić information content (AvgIpc) is 3.37. The third-order valence-corrected chi connectivity index (χ3v) is 4.26. The van der Waals surface area contributed by atoms with Crippen molar-refractivity contribution in [3.63, 3.8) is 0 Å². The third-order valence-electron chi connectivity index (χ3n) is 4.26. The molecule has 0 radical (unpaired) electrons. The van der Waals surface area contributed by atoms with Gasteiger partial charge in [0.25, 0.3) is 0 Å². The molecule has 0 amide bonds. The summed E-state index contributed by atoms with van der Waals surface area (Å²) >= 11 is 0. The molecule has 1 fully saturated rings. The lowest BCUT2D eigenvalue weighted by atomic mass is 10.0. The van der Waals surface area contributed by atoms with Crippen molar-refractivity contribution in [3.05, 3.63) is 71.3 Å². The Morgan fingerprint density at radius 2 is 1.73 bits per heavy atom. The molecule has 0 aliphatic heterocycles. The fourth-order valence-corrected chi connectivity index (χ4v) is 2.79. The van der Waals surface area contributed by atoms with Crippen LogP contribution in [0.5, 0.6) is 0 Å². The minimum atomic E-state index is -0.876. The summed E-state index contributed by atoms with van der Waals surface area (Å²) in [6.07, 6.45) is 3.67. The Hall–Kier alpha value is -2.13. The number of hydrogen-bond donors (Lipinski definition) is 2. The van der Waals surface area contributed by atoms with Gasteiger partial charge in [0.05, 0.1) is 5.56 Å². The van der Waals surface area contributed by atoms with Crippen LogP contribution in [0.4, 0.5) is 0 Å². The van der Waals surface area contributed by atoms with Crippen LogP contribution in [0.25, 0.3) is 0 Å². The van der Waals surface area contributed by atoms with E-state index in [9.17, 15) is 4.79 Å². The van der Waals surface area contributed by atoms with Crippen molar-refractivity contribution in [1.82, 2.24) is 5.32 Å². The predicted octanol–water partition coefficient (Wildman–Crippen LogP) is 3.50. The van der Waals surface area contributed by atoms with Gasteiger partial charge in [-0.2, -0.15) is 0 Å². The minimum absolute atomic E-state index is 0.340. The molecule has 3 heteroatoms. The summed E-state index contributed by atoms with van der Waals surface area (Å²) < 4.78 is 0. The number of aromatic carboxylic acids is 1. The zero-order valence-corrected chi connectivity index (χ0v) is 12.5. The van der Waals surface area contributed by atoms with Gasteiger partial charge >= 0.3 is 5.97 Å². The highest BCUT2D eigenvalue weighted by atomic mass is 16.4. The quantitative estimate of drug-likeness (QED) is 0.822. The number of carboxylic acid groups (broad SMARTS) is 1. The molecule has 1 aliphatic rings. The fraction of sp³-hybridized carbons (Fsp3) is 0.316. The second kappa shape index (κ2) is 6.75. The van der Waals surface area contributed by atoms with Crippen LogP contribution < -0.4 is 5.32 Å². The highest BCUT2D eigenvalue weighted by molar-refractivity contribution is 5.87. The van der Waals surface area contributed by atoms with Crippen LogP contribution in [0.1, 0.15) is 34.3 Å². The molecule has 0 spiro atoms. The van der Waals surface area contributed by atoms with E-state index in [-0.39, 0.29) is 0 Å². The van der Waals surface area contributed by atoms with Crippen LogP contribution in [0, 0.1) is 5.92 Å². The van der Waals surface area contributed by atoms with E-state index in [4.69, 9.17) is 5.11 Å². The smallest absolute Gasteiger partial charge is 0.335 e. The molecule has 1 atom stereocenters. The molecule has 0 aromatic heterocycles. The van der Waals surface area contributed by atoms with Gasteiger partial charge in [-0.05, 0) is 48.4 Å². The largest absolute Gasteiger partial charge is 0.478 e. The first kappa shape index (κ1) is 14.8. The van der Waals surface area contributed by atoms with Gasteiger partial charge in [0.2, 0.25) is 0 Å². The zero-order valence-electron chi connectivity index (χ0n) is 12.5. The molecule has 3 nitrogen and oxygen atoms in total. The standard InChI is InChI=1S/C19H21NO2/c21-19(22)17-8-6-15(7-9-17)13-20-18(16-10-11-16)12-14-4-2-1-3-5-14/h1-9,16,18,20H,10-13H2,(H,21,22). The molecule has 22 heavy (non-hydrogen) atoms. The molecule has 114 valence electrons. The first-order valence-electron chi connectivity index (χ1n) is 7.82. The van der Waals surface area contributed by atoms with Crippen LogP contribution in [0.3, 0.4) is 0 Å². The second-order valence-corrected chi connectivity index (χ2v) is 6.02. The van der Waals surface area contributed by atoms with Gasteiger partial charge < -0.3 is 10.4 Å².